The quantitative estimate of drug-likeness (QED) is 0.835. The van der Waals surface area contributed by atoms with Crippen LogP contribution in [0.3, 0.4) is 0 Å². The highest BCUT2D eigenvalue weighted by Crippen LogP contribution is 2.39. The normalized spacial score (nSPS) is 26.9. The van der Waals surface area contributed by atoms with Gasteiger partial charge in [0.15, 0.2) is 6.23 Å². The first-order valence-electron chi connectivity index (χ1n) is 8.40. The largest absolute Gasteiger partial charge is 0.507 e. The van der Waals surface area contributed by atoms with Gasteiger partial charge < -0.3 is 9.84 Å². The third kappa shape index (κ3) is 3.82. The van der Waals surface area contributed by atoms with Crippen LogP contribution in [-0.2, 0) is 17.7 Å². The van der Waals surface area contributed by atoms with E-state index in [1.54, 1.807) is 0 Å². The van der Waals surface area contributed by atoms with E-state index in [0.717, 1.165) is 0 Å². The average Bonchev–Trinajstić information content (AvgIpc) is 2.84. The molecule has 0 bridgehead atoms. The fourth-order valence-corrected chi connectivity index (χ4v) is 3.75. The molecule has 140 valence electrons. The Balaban J connectivity index is 1.70. The van der Waals surface area contributed by atoms with Crippen LogP contribution in [0, 0.1) is 11.8 Å². The standard InChI is InChI=1S/C15H20F3N3O4/c16-15(17,18)10-6-4-9(5-7-10)8-20-13(22)21-11(19-20)2-1-3-12(21)25-14(23)24/h9-10,12H,1-8H2,(H,23,24)/t9?,10?,12-/m0/s1. The molecule has 1 aliphatic carbocycles. The molecule has 0 saturated heterocycles. The molecule has 25 heavy (non-hydrogen) atoms. The van der Waals surface area contributed by atoms with Gasteiger partial charge in [0, 0.05) is 19.4 Å². The third-order valence-corrected chi connectivity index (χ3v) is 5.06. The van der Waals surface area contributed by atoms with E-state index >= 15 is 0 Å². The van der Waals surface area contributed by atoms with E-state index in [9.17, 15) is 22.8 Å². The zero-order chi connectivity index (χ0) is 18.2. The van der Waals surface area contributed by atoms with Gasteiger partial charge in [-0.3, -0.25) is 0 Å². The monoisotopic (exact) mass is 363 g/mol. The van der Waals surface area contributed by atoms with Crippen molar-refractivity contribution in [3.05, 3.63) is 16.3 Å². The summed E-state index contributed by atoms with van der Waals surface area (Å²) in [7, 11) is 0. The molecule has 1 aromatic rings. The van der Waals surface area contributed by atoms with E-state index in [2.05, 4.69) is 5.10 Å². The summed E-state index contributed by atoms with van der Waals surface area (Å²) in [4.78, 5) is 23.3. The number of halogens is 3. The second-order valence-corrected chi connectivity index (χ2v) is 6.74. The molecule has 2 aliphatic rings. The zero-order valence-electron chi connectivity index (χ0n) is 13.5. The number of carboxylic acid groups (broad SMARTS) is 1. The molecule has 1 atom stereocenters. The van der Waals surface area contributed by atoms with Gasteiger partial charge in [-0.1, -0.05) is 0 Å². The maximum absolute atomic E-state index is 12.7. The van der Waals surface area contributed by atoms with Crippen LogP contribution in [-0.4, -0.2) is 31.8 Å². The highest BCUT2D eigenvalue weighted by Gasteiger charge is 2.41. The van der Waals surface area contributed by atoms with Gasteiger partial charge in [0.2, 0.25) is 0 Å². The van der Waals surface area contributed by atoms with Gasteiger partial charge in [-0.2, -0.15) is 18.3 Å². The maximum atomic E-state index is 12.7. The molecular formula is C15H20F3N3O4. The number of nitrogens with zero attached hydrogens (tertiary/aromatic N) is 3. The molecule has 2 heterocycles. The number of alkyl halides is 3. The molecule has 0 amide bonds. The molecular weight excluding hydrogens is 343 g/mol. The van der Waals surface area contributed by atoms with E-state index in [4.69, 9.17) is 9.84 Å². The molecule has 7 nitrogen and oxygen atoms in total. The number of rotatable bonds is 3. The van der Waals surface area contributed by atoms with Crippen molar-refractivity contribution in [1.82, 2.24) is 14.3 Å². The smallest absolute Gasteiger partial charge is 0.450 e. The summed E-state index contributed by atoms with van der Waals surface area (Å²) >= 11 is 0. The van der Waals surface area contributed by atoms with Crippen molar-refractivity contribution in [1.29, 1.82) is 0 Å². The minimum Gasteiger partial charge on any atom is -0.450 e. The number of aryl methyl sites for hydroxylation is 1. The van der Waals surface area contributed by atoms with Crippen LogP contribution in [0.15, 0.2) is 4.79 Å². The first-order valence-corrected chi connectivity index (χ1v) is 8.40. The van der Waals surface area contributed by atoms with Gasteiger partial charge >= 0.3 is 18.0 Å². The van der Waals surface area contributed by atoms with Crippen LogP contribution in [0.1, 0.15) is 50.6 Å². The molecule has 0 aromatic carbocycles. The number of carbonyl (C=O) groups is 1. The average molecular weight is 363 g/mol. The van der Waals surface area contributed by atoms with Crippen LogP contribution in [0.5, 0.6) is 0 Å². The Morgan fingerprint density at radius 2 is 1.92 bits per heavy atom. The van der Waals surface area contributed by atoms with Gasteiger partial charge in [-0.05, 0) is 38.0 Å². The SMILES string of the molecule is O=C(O)O[C@H]1CCCc2nn(CC3CCC(C(F)(F)F)CC3)c(=O)n21. The molecule has 1 N–H and O–H groups in total. The second-order valence-electron chi connectivity index (χ2n) is 6.74. The fourth-order valence-electron chi connectivity index (χ4n) is 3.75. The molecule has 1 aliphatic heterocycles. The summed E-state index contributed by atoms with van der Waals surface area (Å²) in [6.45, 7) is 0.253. The van der Waals surface area contributed by atoms with E-state index in [0.29, 0.717) is 37.9 Å². The maximum Gasteiger partial charge on any atom is 0.507 e. The van der Waals surface area contributed by atoms with Crippen LogP contribution in [0.2, 0.25) is 0 Å². The van der Waals surface area contributed by atoms with Crippen LogP contribution in [0.25, 0.3) is 0 Å². The topological polar surface area (TPSA) is 86.3 Å². The Hall–Kier alpha value is -2.00. The van der Waals surface area contributed by atoms with E-state index < -0.39 is 30.2 Å². The highest BCUT2D eigenvalue weighted by molar-refractivity contribution is 5.56. The number of ether oxygens (including phenoxy) is 1. The van der Waals surface area contributed by atoms with Gasteiger partial charge in [0.25, 0.3) is 0 Å². The number of fused-ring (bicyclic) bond motifs is 1. The predicted molar refractivity (Wildman–Crippen MR) is 79.1 cm³/mol. The Bertz CT molecular complexity index is 689. The first kappa shape index (κ1) is 17.8. The van der Waals surface area contributed by atoms with Gasteiger partial charge in [-0.15, -0.1) is 0 Å². The van der Waals surface area contributed by atoms with Gasteiger partial charge in [0.05, 0.1) is 5.92 Å². The number of hydrogen-bond donors (Lipinski definition) is 1. The summed E-state index contributed by atoms with van der Waals surface area (Å²) in [6.07, 6.45) is -3.96. The molecule has 0 unspecified atom stereocenters. The molecule has 3 rings (SSSR count). The Labute approximate surface area is 141 Å². The summed E-state index contributed by atoms with van der Waals surface area (Å²) in [5, 5.41) is 13.0. The minimum atomic E-state index is -4.16. The molecule has 1 fully saturated rings. The summed E-state index contributed by atoms with van der Waals surface area (Å²) < 4.78 is 45.4. The molecule has 0 radical (unpaired) electrons. The lowest BCUT2D eigenvalue weighted by Gasteiger charge is -2.29. The fraction of sp³-hybridized carbons (Fsp3) is 0.800. The van der Waals surface area contributed by atoms with Crippen molar-refractivity contribution < 1.29 is 27.8 Å². The molecule has 0 spiro atoms. The van der Waals surface area contributed by atoms with Gasteiger partial charge in [0.1, 0.15) is 5.82 Å². The van der Waals surface area contributed by atoms with E-state index in [-0.39, 0.29) is 25.3 Å². The van der Waals surface area contributed by atoms with Gasteiger partial charge in [-0.25, -0.2) is 18.8 Å². The summed E-state index contributed by atoms with van der Waals surface area (Å²) in [5.74, 6) is -0.831. The lowest BCUT2D eigenvalue weighted by molar-refractivity contribution is -0.184. The Kier molecular flexibility index (Phi) is 4.79. The second kappa shape index (κ2) is 6.72. The van der Waals surface area contributed by atoms with E-state index in [1.807, 2.05) is 0 Å². The summed E-state index contributed by atoms with van der Waals surface area (Å²) in [5.41, 5.74) is -0.459. The van der Waals surface area contributed by atoms with Crippen LogP contribution < -0.4 is 5.69 Å². The van der Waals surface area contributed by atoms with Crippen molar-refractivity contribution in [3.63, 3.8) is 0 Å². The van der Waals surface area contributed by atoms with Crippen molar-refractivity contribution in [2.75, 3.05) is 0 Å². The Morgan fingerprint density at radius 3 is 2.52 bits per heavy atom. The van der Waals surface area contributed by atoms with Crippen LogP contribution in [0.4, 0.5) is 18.0 Å². The predicted octanol–water partition coefficient (Wildman–Crippen LogP) is 2.94. The number of hydrogen-bond acceptors (Lipinski definition) is 4. The highest BCUT2D eigenvalue weighted by atomic mass is 19.4. The zero-order valence-corrected chi connectivity index (χ0v) is 13.5. The molecule has 1 aromatic heterocycles. The number of aromatic nitrogens is 3. The van der Waals surface area contributed by atoms with Crippen LogP contribution >= 0.6 is 0 Å². The molecule has 1 saturated carbocycles. The third-order valence-electron chi connectivity index (χ3n) is 5.06. The van der Waals surface area contributed by atoms with Crippen molar-refractivity contribution in [3.8, 4) is 0 Å². The van der Waals surface area contributed by atoms with Crippen molar-refractivity contribution in [2.45, 2.75) is 63.9 Å². The Morgan fingerprint density at radius 1 is 1.24 bits per heavy atom. The minimum absolute atomic E-state index is 0.0351. The van der Waals surface area contributed by atoms with E-state index in [1.165, 1.54) is 9.25 Å². The van der Waals surface area contributed by atoms with Crippen molar-refractivity contribution >= 4 is 6.16 Å². The lowest BCUT2D eigenvalue weighted by Crippen LogP contribution is -2.34. The lowest BCUT2D eigenvalue weighted by atomic mass is 9.81. The van der Waals surface area contributed by atoms with Crippen molar-refractivity contribution in [2.24, 2.45) is 11.8 Å². The summed E-state index contributed by atoms with van der Waals surface area (Å²) in [6, 6.07) is 0. The first-order chi connectivity index (χ1) is 11.8. The molecule has 10 heteroatoms.